The lowest BCUT2D eigenvalue weighted by Crippen LogP contribution is -2.50. The first-order valence-electron chi connectivity index (χ1n) is 8.74. The number of piperazine rings is 1. The molecular weight excluding hydrogens is 400 g/mol. The van der Waals surface area contributed by atoms with Gasteiger partial charge >= 0.3 is 0 Å². The van der Waals surface area contributed by atoms with Gasteiger partial charge in [-0.2, -0.15) is 0 Å². The predicted molar refractivity (Wildman–Crippen MR) is 106 cm³/mol. The van der Waals surface area contributed by atoms with Crippen molar-refractivity contribution in [2.45, 2.75) is 6.92 Å². The van der Waals surface area contributed by atoms with Crippen LogP contribution in [0.15, 0.2) is 40.2 Å². The summed E-state index contributed by atoms with van der Waals surface area (Å²) >= 11 is 7.44. The number of thiazole rings is 1. The lowest BCUT2D eigenvalue weighted by molar-refractivity contribution is 0.0510. The summed E-state index contributed by atoms with van der Waals surface area (Å²) in [5, 5.41) is 6.88. The summed E-state index contributed by atoms with van der Waals surface area (Å²) in [5.41, 5.74) is 1.95. The molecule has 2 amide bonds. The minimum absolute atomic E-state index is 0.132. The molecule has 0 bridgehead atoms. The van der Waals surface area contributed by atoms with Crippen molar-refractivity contribution in [1.29, 1.82) is 0 Å². The van der Waals surface area contributed by atoms with E-state index in [0.717, 1.165) is 10.6 Å². The molecule has 0 atom stereocenters. The zero-order valence-electron chi connectivity index (χ0n) is 15.1. The highest BCUT2D eigenvalue weighted by Gasteiger charge is 2.28. The molecule has 0 aliphatic carbocycles. The number of carbonyl (C=O) groups is 2. The van der Waals surface area contributed by atoms with Gasteiger partial charge in [-0.25, -0.2) is 4.98 Å². The van der Waals surface area contributed by atoms with Crippen LogP contribution in [0.4, 0.5) is 0 Å². The van der Waals surface area contributed by atoms with E-state index in [0.29, 0.717) is 42.6 Å². The van der Waals surface area contributed by atoms with Crippen LogP contribution in [0.25, 0.3) is 10.6 Å². The molecule has 28 heavy (non-hydrogen) atoms. The average molecular weight is 417 g/mol. The summed E-state index contributed by atoms with van der Waals surface area (Å²) in [6.07, 6.45) is 0. The number of amides is 2. The second-order valence-electron chi connectivity index (χ2n) is 6.47. The van der Waals surface area contributed by atoms with Crippen molar-refractivity contribution in [2.75, 3.05) is 26.2 Å². The highest BCUT2D eigenvalue weighted by Crippen LogP contribution is 2.26. The number of hydrogen-bond donors (Lipinski definition) is 0. The van der Waals surface area contributed by atoms with Crippen LogP contribution in [-0.4, -0.2) is 57.9 Å². The number of nitrogens with zero attached hydrogens (tertiary/aromatic N) is 4. The Hall–Kier alpha value is -2.71. The second-order valence-corrected chi connectivity index (χ2v) is 7.76. The van der Waals surface area contributed by atoms with Gasteiger partial charge in [0.15, 0.2) is 0 Å². The highest BCUT2D eigenvalue weighted by molar-refractivity contribution is 7.13. The molecule has 7 nitrogen and oxygen atoms in total. The van der Waals surface area contributed by atoms with E-state index < -0.39 is 0 Å². The minimum Gasteiger partial charge on any atom is -0.351 e. The SMILES string of the molecule is Cc1cc(C(=O)N2CCN(C(=O)c3csc(-c4cccc(Cl)c4)n3)CC2)on1. The molecule has 0 spiro atoms. The normalized spacial score (nSPS) is 14.4. The molecule has 0 saturated carbocycles. The molecule has 1 aromatic carbocycles. The molecule has 0 radical (unpaired) electrons. The van der Waals surface area contributed by atoms with Crippen molar-refractivity contribution in [2.24, 2.45) is 0 Å². The van der Waals surface area contributed by atoms with Crippen molar-refractivity contribution in [1.82, 2.24) is 19.9 Å². The number of aryl methyl sites for hydroxylation is 1. The van der Waals surface area contributed by atoms with Gasteiger partial charge in [-0.3, -0.25) is 9.59 Å². The van der Waals surface area contributed by atoms with Crippen LogP contribution in [0.2, 0.25) is 5.02 Å². The molecule has 3 aromatic rings. The van der Waals surface area contributed by atoms with Crippen molar-refractivity contribution in [3.05, 3.63) is 57.9 Å². The third-order valence-corrected chi connectivity index (χ3v) is 5.61. The third kappa shape index (κ3) is 3.79. The maximum Gasteiger partial charge on any atom is 0.292 e. The van der Waals surface area contributed by atoms with Gasteiger partial charge in [0.25, 0.3) is 11.8 Å². The summed E-state index contributed by atoms with van der Waals surface area (Å²) < 4.78 is 5.04. The van der Waals surface area contributed by atoms with Crippen LogP contribution >= 0.6 is 22.9 Å². The van der Waals surface area contributed by atoms with E-state index in [1.807, 2.05) is 18.2 Å². The van der Waals surface area contributed by atoms with Gasteiger partial charge in [0.05, 0.1) is 5.69 Å². The number of rotatable bonds is 3. The highest BCUT2D eigenvalue weighted by atomic mass is 35.5. The largest absolute Gasteiger partial charge is 0.351 e. The van der Waals surface area contributed by atoms with Crippen molar-refractivity contribution in [3.63, 3.8) is 0 Å². The van der Waals surface area contributed by atoms with Gasteiger partial charge in [0.2, 0.25) is 5.76 Å². The molecule has 1 saturated heterocycles. The second kappa shape index (κ2) is 7.73. The zero-order valence-corrected chi connectivity index (χ0v) is 16.7. The van der Waals surface area contributed by atoms with Gasteiger partial charge < -0.3 is 14.3 Å². The van der Waals surface area contributed by atoms with Gasteiger partial charge in [-0.1, -0.05) is 28.9 Å². The smallest absolute Gasteiger partial charge is 0.292 e. The zero-order chi connectivity index (χ0) is 19.7. The average Bonchev–Trinajstić information content (AvgIpc) is 3.36. The van der Waals surface area contributed by atoms with Gasteiger partial charge in [0, 0.05) is 48.2 Å². The van der Waals surface area contributed by atoms with E-state index in [9.17, 15) is 9.59 Å². The van der Waals surface area contributed by atoms with E-state index in [4.69, 9.17) is 16.1 Å². The first-order valence-corrected chi connectivity index (χ1v) is 10.0. The van der Waals surface area contributed by atoms with Gasteiger partial charge in [0.1, 0.15) is 10.7 Å². The van der Waals surface area contributed by atoms with E-state index in [1.165, 1.54) is 11.3 Å². The Morgan fingerprint density at radius 2 is 1.82 bits per heavy atom. The molecule has 1 aliphatic heterocycles. The van der Waals surface area contributed by atoms with Crippen LogP contribution in [0.3, 0.4) is 0 Å². The topological polar surface area (TPSA) is 79.5 Å². The van der Waals surface area contributed by atoms with Crippen LogP contribution in [0, 0.1) is 6.92 Å². The third-order valence-electron chi connectivity index (χ3n) is 4.49. The Kier molecular flexibility index (Phi) is 5.15. The molecule has 0 N–H and O–H groups in total. The number of hydrogen-bond acceptors (Lipinski definition) is 6. The molecule has 9 heteroatoms. The van der Waals surface area contributed by atoms with Crippen molar-refractivity contribution in [3.8, 4) is 10.6 Å². The van der Waals surface area contributed by atoms with E-state index in [1.54, 1.807) is 34.2 Å². The molecule has 2 aromatic heterocycles. The van der Waals surface area contributed by atoms with Crippen molar-refractivity contribution >= 4 is 34.8 Å². The maximum atomic E-state index is 12.8. The molecule has 3 heterocycles. The molecule has 144 valence electrons. The number of aromatic nitrogens is 2. The Bertz CT molecular complexity index is 1020. The molecule has 0 unspecified atom stereocenters. The summed E-state index contributed by atoms with van der Waals surface area (Å²) in [7, 11) is 0. The van der Waals surface area contributed by atoms with E-state index >= 15 is 0 Å². The van der Waals surface area contributed by atoms with E-state index in [2.05, 4.69) is 10.1 Å². The lowest BCUT2D eigenvalue weighted by Gasteiger charge is -2.33. The van der Waals surface area contributed by atoms with E-state index in [-0.39, 0.29) is 17.6 Å². The summed E-state index contributed by atoms with van der Waals surface area (Å²) in [6, 6.07) is 9.00. The standard InChI is InChI=1S/C19H17ClN4O3S/c1-12-9-16(27-22-12)19(26)24-7-5-23(6-8-24)18(25)15-11-28-17(21-15)13-3-2-4-14(20)10-13/h2-4,9-11H,5-8H2,1H3. The fourth-order valence-electron chi connectivity index (χ4n) is 3.02. The molecule has 1 fully saturated rings. The maximum absolute atomic E-state index is 12.8. The fourth-order valence-corrected chi connectivity index (χ4v) is 4.00. The number of carbonyl (C=O) groups excluding carboxylic acids is 2. The van der Waals surface area contributed by atoms with Crippen LogP contribution in [-0.2, 0) is 0 Å². The Morgan fingerprint density at radius 3 is 2.46 bits per heavy atom. The Labute approximate surface area is 170 Å². The minimum atomic E-state index is -0.204. The lowest BCUT2D eigenvalue weighted by atomic mass is 10.2. The van der Waals surface area contributed by atoms with Crippen LogP contribution < -0.4 is 0 Å². The number of halogens is 1. The van der Waals surface area contributed by atoms with Gasteiger partial charge in [-0.05, 0) is 19.1 Å². The monoisotopic (exact) mass is 416 g/mol. The Balaban J connectivity index is 1.40. The number of benzene rings is 1. The molecule has 4 rings (SSSR count). The first-order chi connectivity index (χ1) is 13.5. The summed E-state index contributed by atoms with van der Waals surface area (Å²) in [5.74, 6) is -0.111. The van der Waals surface area contributed by atoms with Crippen LogP contribution in [0.1, 0.15) is 26.7 Å². The quantitative estimate of drug-likeness (QED) is 0.654. The molecule has 1 aliphatic rings. The summed E-state index contributed by atoms with van der Waals surface area (Å²) in [4.78, 5) is 33.0. The first kappa shape index (κ1) is 18.6. The van der Waals surface area contributed by atoms with Crippen LogP contribution in [0.5, 0.6) is 0 Å². The predicted octanol–water partition coefficient (Wildman–Crippen LogP) is 3.36. The summed E-state index contributed by atoms with van der Waals surface area (Å²) in [6.45, 7) is 3.54. The van der Waals surface area contributed by atoms with Gasteiger partial charge in [-0.15, -0.1) is 11.3 Å². The van der Waals surface area contributed by atoms with Crippen molar-refractivity contribution < 1.29 is 14.1 Å². The fraction of sp³-hybridized carbons (Fsp3) is 0.263. The molecular formula is C19H17ClN4O3S. The Morgan fingerprint density at radius 1 is 1.11 bits per heavy atom.